The first kappa shape index (κ1) is 19.1. The van der Waals surface area contributed by atoms with E-state index in [0.29, 0.717) is 21.5 Å². The van der Waals surface area contributed by atoms with Crippen molar-refractivity contribution in [2.24, 2.45) is 5.10 Å². The second-order valence-electron chi connectivity index (χ2n) is 4.98. The highest BCUT2D eigenvalue weighted by molar-refractivity contribution is 9.10. The fourth-order valence-electron chi connectivity index (χ4n) is 2.07. The van der Waals surface area contributed by atoms with Crippen molar-refractivity contribution in [1.29, 1.82) is 0 Å². The molecule has 2 aromatic carbocycles. The van der Waals surface area contributed by atoms with Crippen molar-refractivity contribution in [3.8, 4) is 17.2 Å². The second-order valence-corrected chi connectivity index (χ2v) is 6.31. The minimum atomic E-state index is -0.316. The number of carbonyl (C=O) groups is 1. The molecule has 2 rings (SSSR count). The number of phenolic OH excluding ortho intramolecular Hbond substituents is 1. The van der Waals surface area contributed by atoms with Crippen LogP contribution in [0.1, 0.15) is 11.1 Å². The summed E-state index contributed by atoms with van der Waals surface area (Å²) in [5, 5.41) is 13.9. The van der Waals surface area contributed by atoms with E-state index in [9.17, 15) is 9.90 Å². The summed E-state index contributed by atoms with van der Waals surface area (Å²) in [5.41, 5.74) is 3.53. The summed E-state index contributed by atoms with van der Waals surface area (Å²) in [7, 11) is 3.07. The van der Waals surface area contributed by atoms with Crippen LogP contribution in [0.25, 0.3) is 0 Å². The van der Waals surface area contributed by atoms with E-state index in [0.717, 1.165) is 5.56 Å². The molecular weight excluding hydrogens is 412 g/mol. The molecule has 0 unspecified atom stereocenters. The maximum absolute atomic E-state index is 12.0. The van der Waals surface area contributed by atoms with Gasteiger partial charge in [-0.05, 0) is 29.8 Å². The molecule has 0 radical (unpaired) electrons. The molecule has 0 fully saturated rings. The summed E-state index contributed by atoms with van der Waals surface area (Å²) >= 11 is 9.14. The molecule has 0 saturated heterocycles. The molecule has 0 heterocycles. The van der Waals surface area contributed by atoms with Crippen molar-refractivity contribution < 1.29 is 19.4 Å². The van der Waals surface area contributed by atoms with Crippen molar-refractivity contribution in [3.05, 3.63) is 51.0 Å². The van der Waals surface area contributed by atoms with E-state index < -0.39 is 0 Å². The van der Waals surface area contributed by atoms with Crippen LogP contribution in [0, 0.1) is 0 Å². The van der Waals surface area contributed by atoms with Gasteiger partial charge in [0.05, 0.1) is 31.9 Å². The highest BCUT2D eigenvalue weighted by Gasteiger charge is 2.09. The Hall–Kier alpha value is -2.25. The summed E-state index contributed by atoms with van der Waals surface area (Å²) < 4.78 is 11.0. The topological polar surface area (TPSA) is 80.2 Å². The fourth-order valence-corrected chi connectivity index (χ4v) is 2.91. The number of hydrazone groups is 1. The monoisotopic (exact) mass is 426 g/mol. The Morgan fingerprint density at radius 3 is 2.68 bits per heavy atom. The lowest BCUT2D eigenvalue weighted by molar-refractivity contribution is -0.120. The van der Waals surface area contributed by atoms with Crippen LogP contribution in [-0.4, -0.2) is 31.4 Å². The summed E-state index contributed by atoms with van der Waals surface area (Å²) in [6.07, 6.45) is 1.43. The van der Waals surface area contributed by atoms with Gasteiger partial charge in [-0.25, -0.2) is 5.43 Å². The lowest BCUT2D eigenvalue weighted by Crippen LogP contribution is -2.19. The maximum atomic E-state index is 12.0. The smallest absolute Gasteiger partial charge is 0.244 e. The Bertz CT molecular complexity index is 811. The molecular formula is C17H16BrClN2O4. The van der Waals surface area contributed by atoms with Crippen molar-refractivity contribution in [2.75, 3.05) is 14.2 Å². The molecule has 132 valence electrons. The average molecular weight is 428 g/mol. The Kier molecular flexibility index (Phi) is 6.66. The summed E-state index contributed by atoms with van der Waals surface area (Å²) in [5.74, 6) is 0.712. The number of hydrogen-bond acceptors (Lipinski definition) is 5. The van der Waals surface area contributed by atoms with Crippen LogP contribution in [0.3, 0.4) is 0 Å². The van der Waals surface area contributed by atoms with Gasteiger partial charge in [0.2, 0.25) is 5.91 Å². The summed E-state index contributed by atoms with van der Waals surface area (Å²) in [6.45, 7) is 0. The fraction of sp³-hybridized carbons (Fsp3) is 0.176. The van der Waals surface area contributed by atoms with E-state index in [1.165, 1.54) is 13.3 Å². The zero-order chi connectivity index (χ0) is 18.4. The van der Waals surface area contributed by atoms with E-state index in [-0.39, 0.29) is 23.1 Å². The molecule has 0 bridgehead atoms. The van der Waals surface area contributed by atoms with Gasteiger partial charge in [0.1, 0.15) is 5.75 Å². The van der Waals surface area contributed by atoms with Crippen LogP contribution < -0.4 is 14.9 Å². The van der Waals surface area contributed by atoms with Gasteiger partial charge in [-0.3, -0.25) is 4.79 Å². The van der Waals surface area contributed by atoms with Gasteiger partial charge in [0.15, 0.2) is 11.5 Å². The number of methoxy groups -OCH3 is 2. The van der Waals surface area contributed by atoms with Crippen LogP contribution in [0.2, 0.25) is 5.02 Å². The number of ether oxygens (including phenoxy) is 2. The number of hydrogen-bond donors (Lipinski definition) is 2. The summed E-state index contributed by atoms with van der Waals surface area (Å²) in [6, 6.07) is 8.41. The van der Waals surface area contributed by atoms with Crippen molar-refractivity contribution in [1.82, 2.24) is 5.43 Å². The molecule has 8 heteroatoms. The largest absolute Gasteiger partial charge is 0.506 e. The maximum Gasteiger partial charge on any atom is 0.244 e. The molecule has 2 N–H and O–H groups in total. The zero-order valence-corrected chi connectivity index (χ0v) is 15.9. The SMILES string of the molecule is COc1ccc(CC(=O)N/N=C/c2cc(Br)cc(Cl)c2O)cc1OC. The Balaban J connectivity index is 2.01. The number of phenols is 1. The van der Waals surface area contributed by atoms with E-state index in [1.54, 1.807) is 37.4 Å². The predicted molar refractivity (Wildman–Crippen MR) is 99.8 cm³/mol. The Morgan fingerprint density at radius 1 is 1.28 bits per heavy atom. The van der Waals surface area contributed by atoms with Gasteiger partial charge < -0.3 is 14.6 Å². The highest BCUT2D eigenvalue weighted by atomic mass is 79.9. The average Bonchev–Trinajstić information content (AvgIpc) is 2.58. The van der Waals surface area contributed by atoms with Gasteiger partial charge in [-0.1, -0.05) is 33.6 Å². The van der Waals surface area contributed by atoms with Crippen LogP contribution in [-0.2, 0) is 11.2 Å². The highest BCUT2D eigenvalue weighted by Crippen LogP contribution is 2.30. The minimum Gasteiger partial charge on any atom is -0.506 e. The molecule has 0 aliphatic heterocycles. The zero-order valence-electron chi connectivity index (χ0n) is 13.5. The molecule has 25 heavy (non-hydrogen) atoms. The van der Waals surface area contributed by atoms with Crippen molar-refractivity contribution >= 4 is 39.7 Å². The molecule has 0 saturated carbocycles. The third kappa shape index (κ3) is 5.11. The number of carbonyl (C=O) groups excluding carboxylic acids is 1. The number of nitrogens with one attached hydrogen (secondary N) is 1. The third-order valence-electron chi connectivity index (χ3n) is 3.26. The number of halogens is 2. The first-order chi connectivity index (χ1) is 11.9. The Morgan fingerprint density at radius 2 is 2.00 bits per heavy atom. The third-order valence-corrected chi connectivity index (χ3v) is 4.01. The van der Waals surface area contributed by atoms with E-state index in [2.05, 4.69) is 26.5 Å². The van der Waals surface area contributed by atoms with E-state index in [1.807, 2.05) is 0 Å². The minimum absolute atomic E-state index is 0.109. The standard InChI is InChI=1S/C17H16BrClN2O4/c1-24-14-4-3-10(5-15(14)25-2)6-16(22)21-20-9-11-7-12(18)8-13(19)17(11)23/h3-5,7-9,23H,6H2,1-2H3,(H,21,22)/b20-9+. The molecule has 0 spiro atoms. The summed E-state index contributed by atoms with van der Waals surface area (Å²) in [4.78, 5) is 12.0. The Labute approximate surface area is 158 Å². The van der Waals surface area contributed by atoms with Gasteiger partial charge in [0, 0.05) is 10.0 Å². The van der Waals surface area contributed by atoms with E-state index in [4.69, 9.17) is 21.1 Å². The van der Waals surface area contributed by atoms with Crippen molar-refractivity contribution in [3.63, 3.8) is 0 Å². The van der Waals surface area contributed by atoms with Gasteiger partial charge in [-0.2, -0.15) is 5.10 Å². The normalized spacial score (nSPS) is 10.7. The molecule has 0 aromatic heterocycles. The molecule has 0 aliphatic rings. The van der Waals surface area contributed by atoms with Crippen LogP contribution in [0.15, 0.2) is 39.9 Å². The second kappa shape index (κ2) is 8.73. The van der Waals surface area contributed by atoms with Gasteiger partial charge >= 0.3 is 0 Å². The molecule has 6 nitrogen and oxygen atoms in total. The lowest BCUT2D eigenvalue weighted by Gasteiger charge is -2.09. The van der Waals surface area contributed by atoms with Gasteiger partial charge in [-0.15, -0.1) is 0 Å². The first-order valence-electron chi connectivity index (χ1n) is 7.15. The molecule has 0 aliphatic carbocycles. The predicted octanol–water partition coefficient (Wildman–Crippen LogP) is 3.52. The number of nitrogens with zero attached hydrogens (tertiary/aromatic N) is 1. The van der Waals surface area contributed by atoms with Crippen molar-refractivity contribution in [2.45, 2.75) is 6.42 Å². The molecule has 0 atom stereocenters. The molecule has 1 amide bonds. The van der Waals surface area contributed by atoms with Crippen LogP contribution in [0.4, 0.5) is 0 Å². The van der Waals surface area contributed by atoms with Gasteiger partial charge in [0.25, 0.3) is 0 Å². The number of rotatable bonds is 6. The number of benzene rings is 2. The number of aromatic hydroxyl groups is 1. The lowest BCUT2D eigenvalue weighted by atomic mass is 10.1. The first-order valence-corrected chi connectivity index (χ1v) is 8.32. The number of amides is 1. The van der Waals surface area contributed by atoms with Crippen LogP contribution >= 0.6 is 27.5 Å². The quantitative estimate of drug-likeness (QED) is 0.546. The molecule has 2 aromatic rings. The van der Waals surface area contributed by atoms with E-state index >= 15 is 0 Å². The van der Waals surface area contributed by atoms with Crippen LogP contribution in [0.5, 0.6) is 17.2 Å².